The highest BCUT2D eigenvalue weighted by Gasteiger charge is 2.13. The van der Waals surface area contributed by atoms with E-state index in [2.05, 4.69) is 0 Å². The third-order valence-corrected chi connectivity index (χ3v) is 3.20. The Hall–Kier alpha value is -1.38. The zero-order valence-corrected chi connectivity index (χ0v) is 10.8. The Bertz CT molecular complexity index is 537. The lowest BCUT2D eigenvalue weighted by Crippen LogP contribution is -2.03. The lowest BCUT2D eigenvalue weighted by Gasteiger charge is -2.12. The molecule has 1 atom stereocenters. The highest BCUT2D eigenvalue weighted by Crippen LogP contribution is 2.24. The minimum Gasteiger partial charge on any atom is -0.388 e. The van der Waals surface area contributed by atoms with Gasteiger partial charge in [0, 0.05) is 6.42 Å². The summed E-state index contributed by atoms with van der Waals surface area (Å²) in [6, 6.07) is 12.4. The van der Waals surface area contributed by atoms with E-state index < -0.39 is 11.9 Å². The van der Waals surface area contributed by atoms with Crippen LogP contribution in [-0.4, -0.2) is 5.11 Å². The summed E-state index contributed by atoms with van der Waals surface area (Å²) in [5, 5.41) is 10.2. The summed E-state index contributed by atoms with van der Waals surface area (Å²) in [6.07, 6.45) is -0.506. The maximum atomic E-state index is 13.7. The minimum absolute atomic E-state index is 0.0867. The van der Waals surface area contributed by atoms with Crippen molar-refractivity contribution in [1.29, 1.82) is 0 Å². The largest absolute Gasteiger partial charge is 0.388 e. The molecule has 1 unspecified atom stereocenters. The molecule has 1 N–H and O–H groups in total. The summed E-state index contributed by atoms with van der Waals surface area (Å²) in [5.74, 6) is -0.453. The summed E-state index contributed by atoms with van der Waals surface area (Å²) in [6.45, 7) is 1.98. The van der Waals surface area contributed by atoms with Gasteiger partial charge in [0.05, 0.1) is 11.1 Å². The first-order chi connectivity index (χ1) is 8.58. The van der Waals surface area contributed by atoms with E-state index >= 15 is 0 Å². The van der Waals surface area contributed by atoms with Crippen LogP contribution in [0.4, 0.5) is 4.39 Å². The predicted octanol–water partition coefficient (Wildman–Crippen LogP) is 4.06. The molecular formula is C15H14ClFO. The maximum Gasteiger partial charge on any atom is 0.145 e. The summed E-state index contributed by atoms with van der Waals surface area (Å²) in [4.78, 5) is 0. The Kier molecular flexibility index (Phi) is 4.00. The monoisotopic (exact) mass is 264 g/mol. The van der Waals surface area contributed by atoms with E-state index in [1.54, 1.807) is 12.1 Å². The van der Waals surface area contributed by atoms with Crippen molar-refractivity contribution in [2.45, 2.75) is 19.4 Å². The van der Waals surface area contributed by atoms with E-state index in [9.17, 15) is 9.50 Å². The van der Waals surface area contributed by atoms with Crippen molar-refractivity contribution >= 4 is 11.6 Å². The van der Waals surface area contributed by atoms with Crippen LogP contribution < -0.4 is 0 Å². The molecule has 18 heavy (non-hydrogen) atoms. The van der Waals surface area contributed by atoms with Gasteiger partial charge in [-0.25, -0.2) is 4.39 Å². The number of aliphatic hydroxyl groups is 1. The van der Waals surface area contributed by atoms with Gasteiger partial charge in [0.15, 0.2) is 0 Å². The van der Waals surface area contributed by atoms with Gasteiger partial charge in [-0.1, -0.05) is 53.6 Å². The molecule has 2 aromatic rings. The van der Waals surface area contributed by atoms with Gasteiger partial charge >= 0.3 is 0 Å². The molecule has 1 nitrogen and oxygen atoms in total. The van der Waals surface area contributed by atoms with E-state index in [1.807, 2.05) is 31.2 Å². The molecule has 0 amide bonds. The first-order valence-electron chi connectivity index (χ1n) is 5.75. The Labute approximate surface area is 111 Å². The first kappa shape index (κ1) is 13.1. The maximum absolute atomic E-state index is 13.7. The number of benzene rings is 2. The van der Waals surface area contributed by atoms with Gasteiger partial charge in [-0.15, -0.1) is 0 Å². The number of hydrogen-bond donors (Lipinski definition) is 1. The fourth-order valence-electron chi connectivity index (χ4n) is 1.82. The van der Waals surface area contributed by atoms with Crippen LogP contribution in [0.3, 0.4) is 0 Å². The van der Waals surface area contributed by atoms with Crippen LogP contribution in [0.5, 0.6) is 0 Å². The zero-order chi connectivity index (χ0) is 13.1. The zero-order valence-electron chi connectivity index (χ0n) is 10.0. The summed E-state index contributed by atoms with van der Waals surface area (Å²) >= 11 is 5.71. The minimum atomic E-state index is -0.724. The van der Waals surface area contributed by atoms with Crippen LogP contribution >= 0.6 is 11.6 Å². The summed E-state index contributed by atoms with van der Waals surface area (Å²) in [5.41, 5.74) is 2.33. The van der Waals surface area contributed by atoms with Crippen LogP contribution in [0.15, 0.2) is 42.5 Å². The van der Waals surface area contributed by atoms with E-state index in [1.165, 1.54) is 6.07 Å². The van der Waals surface area contributed by atoms with Crippen molar-refractivity contribution in [3.8, 4) is 0 Å². The van der Waals surface area contributed by atoms with Gasteiger partial charge in [-0.05, 0) is 24.1 Å². The molecule has 0 saturated carbocycles. The smallest absolute Gasteiger partial charge is 0.145 e. The Balaban J connectivity index is 2.18. The van der Waals surface area contributed by atoms with Crippen LogP contribution in [0.1, 0.15) is 22.8 Å². The number of rotatable bonds is 3. The topological polar surface area (TPSA) is 20.2 Å². The van der Waals surface area contributed by atoms with Gasteiger partial charge in [0.25, 0.3) is 0 Å². The van der Waals surface area contributed by atoms with Crippen molar-refractivity contribution in [3.05, 3.63) is 70.0 Å². The van der Waals surface area contributed by atoms with Gasteiger partial charge in [0.2, 0.25) is 0 Å². The van der Waals surface area contributed by atoms with Crippen molar-refractivity contribution < 1.29 is 9.50 Å². The predicted molar refractivity (Wildman–Crippen MR) is 71.3 cm³/mol. The van der Waals surface area contributed by atoms with Gasteiger partial charge in [-0.3, -0.25) is 0 Å². The van der Waals surface area contributed by atoms with Crippen LogP contribution in [0, 0.1) is 12.7 Å². The lowest BCUT2D eigenvalue weighted by molar-refractivity contribution is 0.177. The second kappa shape index (κ2) is 5.51. The molecule has 0 bridgehead atoms. The molecule has 0 heterocycles. The molecule has 0 saturated heterocycles. The highest BCUT2D eigenvalue weighted by atomic mass is 35.5. The SMILES string of the molecule is Cc1ccc(C(O)Cc2cccc(Cl)c2F)cc1. The van der Waals surface area contributed by atoms with Gasteiger partial charge in [0.1, 0.15) is 5.82 Å². The Morgan fingerprint density at radius 1 is 1.17 bits per heavy atom. The Morgan fingerprint density at radius 2 is 1.83 bits per heavy atom. The molecule has 0 aromatic heterocycles. The second-order valence-corrected chi connectivity index (χ2v) is 4.75. The van der Waals surface area contributed by atoms with E-state index in [4.69, 9.17) is 11.6 Å². The molecule has 0 radical (unpaired) electrons. The number of aliphatic hydroxyl groups excluding tert-OH is 1. The second-order valence-electron chi connectivity index (χ2n) is 4.34. The molecule has 3 heteroatoms. The van der Waals surface area contributed by atoms with Crippen molar-refractivity contribution in [1.82, 2.24) is 0 Å². The highest BCUT2D eigenvalue weighted by molar-refractivity contribution is 6.30. The number of halogens is 2. The van der Waals surface area contributed by atoms with Crippen molar-refractivity contribution in [2.75, 3.05) is 0 Å². The molecule has 94 valence electrons. The van der Waals surface area contributed by atoms with E-state index in [-0.39, 0.29) is 11.4 Å². The quantitative estimate of drug-likeness (QED) is 0.886. The van der Waals surface area contributed by atoms with Crippen LogP contribution in [-0.2, 0) is 6.42 Å². The third-order valence-electron chi connectivity index (χ3n) is 2.91. The first-order valence-corrected chi connectivity index (χ1v) is 6.13. The summed E-state index contributed by atoms with van der Waals surface area (Å²) in [7, 11) is 0. The Morgan fingerprint density at radius 3 is 2.50 bits per heavy atom. The molecular weight excluding hydrogens is 251 g/mol. The molecule has 0 aliphatic rings. The fourth-order valence-corrected chi connectivity index (χ4v) is 2.01. The number of aryl methyl sites for hydroxylation is 1. The van der Waals surface area contributed by atoms with Gasteiger partial charge in [-0.2, -0.15) is 0 Å². The number of hydrogen-bond acceptors (Lipinski definition) is 1. The molecule has 2 rings (SSSR count). The molecule has 0 fully saturated rings. The third kappa shape index (κ3) is 2.89. The molecule has 0 spiro atoms. The van der Waals surface area contributed by atoms with Crippen LogP contribution in [0.2, 0.25) is 5.02 Å². The lowest BCUT2D eigenvalue weighted by atomic mass is 10.0. The fraction of sp³-hybridized carbons (Fsp3) is 0.200. The average Bonchev–Trinajstić information content (AvgIpc) is 2.36. The average molecular weight is 265 g/mol. The summed E-state index contributed by atoms with van der Waals surface area (Å²) < 4.78 is 13.7. The van der Waals surface area contributed by atoms with Crippen molar-refractivity contribution in [2.24, 2.45) is 0 Å². The van der Waals surface area contributed by atoms with Gasteiger partial charge < -0.3 is 5.11 Å². The van der Waals surface area contributed by atoms with E-state index in [0.29, 0.717) is 5.56 Å². The molecule has 0 aliphatic carbocycles. The van der Waals surface area contributed by atoms with Crippen LogP contribution in [0.25, 0.3) is 0 Å². The normalized spacial score (nSPS) is 12.4. The van der Waals surface area contributed by atoms with Crippen molar-refractivity contribution in [3.63, 3.8) is 0 Å². The van der Waals surface area contributed by atoms with E-state index in [0.717, 1.165) is 11.1 Å². The molecule has 0 aliphatic heterocycles. The molecule has 2 aromatic carbocycles. The standard InChI is InChI=1S/C15H14ClFO/c1-10-5-7-11(8-6-10)14(18)9-12-3-2-4-13(16)15(12)17/h2-8,14,18H,9H2,1H3.